The van der Waals surface area contributed by atoms with Gasteiger partial charge in [-0.3, -0.25) is 14.3 Å². The van der Waals surface area contributed by atoms with Crippen LogP contribution in [0.2, 0.25) is 5.02 Å². The monoisotopic (exact) mass is 336 g/mol. The van der Waals surface area contributed by atoms with Crippen molar-refractivity contribution in [3.63, 3.8) is 0 Å². The number of hydrogen-bond donors (Lipinski definition) is 2. The van der Waals surface area contributed by atoms with Crippen molar-refractivity contribution in [2.24, 2.45) is 0 Å². The van der Waals surface area contributed by atoms with E-state index in [0.29, 0.717) is 5.82 Å². The average molecular weight is 337 g/mol. The van der Waals surface area contributed by atoms with Gasteiger partial charge in [0.2, 0.25) is 0 Å². The summed E-state index contributed by atoms with van der Waals surface area (Å²) in [5.74, 6) is -1.93. The summed E-state index contributed by atoms with van der Waals surface area (Å²) >= 11 is 5.86. The predicted molar refractivity (Wildman–Crippen MR) is 82.4 cm³/mol. The standard InChI is InChI=1S/C15H14ClFN4O2/c16-11-4-1-5-12(17)10(11)8-18-14(22)15(23)19-13-7-9-3-2-6-21(9)20-13/h1,4-5,7H,2-3,6,8H2,(H,18,22)(H,19,20,23). The van der Waals surface area contributed by atoms with Gasteiger partial charge in [-0.2, -0.15) is 5.10 Å². The Morgan fingerprint density at radius 1 is 1.35 bits per heavy atom. The van der Waals surface area contributed by atoms with Crippen LogP contribution >= 0.6 is 11.6 Å². The maximum atomic E-state index is 13.6. The van der Waals surface area contributed by atoms with Crippen molar-refractivity contribution in [2.75, 3.05) is 5.32 Å². The van der Waals surface area contributed by atoms with Crippen LogP contribution in [0.3, 0.4) is 0 Å². The summed E-state index contributed by atoms with van der Waals surface area (Å²) in [5.41, 5.74) is 1.16. The first kappa shape index (κ1) is 15.5. The molecule has 2 N–H and O–H groups in total. The fourth-order valence-electron chi connectivity index (χ4n) is 2.44. The van der Waals surface area contributed by atoms with Gasteiger partial charge in [-0.1, -0.05) is 17.7 Å². The smallest absolute Gasteiger partial charge is 0.314 e. The second-order valence-corrected chi connectivity index (χ2v) is 5.59. The van der Waals surface area contributed by atoms with E-state index in [9.17, 15) is 14.0 Å². The first-order valence-corrected chi connectivity index (χ1v) is 7.51. The van der Waals surface area contributed by atoms with Gasteiger partial charge in [0.15, 0.2) is 5.82 Å². The SMILES string of the molecule is O=C(NCc1c(F)cccc1Cl)C(=O)Nc1cc2n(n1)CCC2. The van der Waals surface area contributed by atoms with Crippen LogP contribution in [0.5, 0.6) is 0 Å². The quantitative estimate of drug-likeness (QED) is 0.840. The van der Waals surface area contributed by atoms with Crippen LogP contribution < -0.4 is 10.6 Å². The molecule has 1 aromatic carbocycles. The third-order valence-corrected chi connectivity index (χ3v) is 3.96. The first-order chi connectivity index (χ1) is 11.0. The Morgan fingerprint density at radius 3 is 2.91 bits per heavy atom. The van der Waals surface area contributed by atoms with E-state index < -0.39 is 17.6 Å². The molecule has 0 atom stereocenters. The number of aryl methyl sites for hydroxylation is 2. The lowest BCUT2D eigenvalue weighted by Gasteiger charge is -2.07. The van der Waals surface area contributed by atoms with E-state index in [1.54, 1.807) is 10.7 Å². The summed E-state index contributed by atoms with van der Waals surface area (Å²) in [4.78, 5) is 23.6. The molecule has 0 spiro atoms. The van der Waals surface area contributed by atoms with Crippen molar-refractivity contribution < 1.29 is 14.0 Å². The summed E-state index contributed by atoms with van der Waals surface area (Å²) in [7, 11) is 0. The van der Waals surface area contributed by atoms with Crippen molar-refractivity contribution in [1.82, 2.24) is 15.1 Å². The Hall–Kier alpha value is -2.41. The molecule has 23 heavy (non-hydrogen) atoms. The molecule has 2 amide bonds. The number of benzene rings is 1. The van der Waals surface area contributed by atoms with Crippen LogP contribution in [0.1, 0.15) is 17.7 Å². The Labute approximate surface area is 136 Å². The fraction of sp³-hybridized carbons (Fsp3) is 0.267. The van der Waals surface area contributed by atoms with Crippen molar-refractivity contribution in [3.05, 3.63) is 46.4 Å². The minimum atomic E-state index is -0.877. The van der Waals surface area contributed by atoms with E-state index in [1.165, 1.54) is 18.2 Å². The molecule has 0 aliphatic carbocycles. The van der Waals surface area contributed by atoms with Gasteiger partial charge in [0.1, 0.15) is 5.82 Å². The lowest BCUT2D eigenvalue weighted by atomic mass is 10.2. The van der Waals surface area contributed by atoms with Gasteiger partial charge >= 0.3 is 11.8 Å². The minimum absolute atomic E-state index is 0.135. The topological polar surface area (TPSA) is 76.0 Å². The van der Waals surface area contributed by atoms with Crippen molar-refractivity contribution in [1.29, 1.82) is 0 Å². The van der Waals surface area contributed by atoms with E-state index in [1.807, 2.05) is 0 Å². The molecule has 3 rings (SSSR count). The van der Waals surface area contributed by atoms with E-state index in [4.69, 9.17) is 11.6 Å². The van der Waals surface area contributed by atoms with Crippen LogP contribution in [-0.2, 0) is 29.1 Å². The number of amides is 2. The van der Waals surface area contributed by atoms with E-state index >= 15 is 0 Å². The molecular weight excluding hydrogens is 323 g/mol. The van der Waals surface area contributed by atoms with Gasteiger partial charge in [-0.25, -0.2) is 4.39 Å². The average Bonchev–Trinajstić information content (AvgIpc) is 3.07. The Bertz CT molecular complexity index is 733. The van der Waals surface area contributed by atoms with E-state index in [2.05, 4.69) is 15.7 Å². The molecule has 8 heteroatoms. The van der Waals surface area contributed by atoms with Gasteiger partial charge in [0.05, 0.1) is 0 Å². The fourth-order valence-corrected chi connectivity index (χ4v) is 2.67. The molecule has 6 nitrogen and oxygen atoms in total. The van der Waals surface area contributed by atoms with Crippen LogP contribution in [0.15, 0.2) is 24.3 Å². The zero-order valence-electron chi connectivity index (χ0n) is 12.1. The van der Waals surface area contributed by atoms with Gasteiger partial charge in [-0.15, -0.1) is 0 Å². The number of anilines is 1. The molecule has 0 radical (unpaired) electrons. The van der Waals surface area contributed by atoms with Crippen LogP contribution in [0, 0.1) is 5.82 Å². The molecule has 0 saturated heterocycles. The van der Waals surface area contributed by atoms with Crippen molar-refractivity contribution in [2.45, 2.75) is 25.9 Å². The van der Waals surface area contributed by atoms with Crippen molar-refractivity contribution in [3.8, 4) is 0 Å². The molecule has 1 aliphatic heterocycles. The lowest BCUT2D eigenvalue weighted by molar-refractivity contribution is -0.136. The molecule has 0 saturated carbocycles. The molecule has 1 aliphatic rings. The number of aromatic nitrogens is 2. The highest BCUT2D eigenvalue weighted by Crippen LogP contribution is 2.19. The van der Waals surface area contributed by atoms with E-state index in [-0.39, 0.29) is 17.1 Å². The number of carbonyl (C=O) groups is 2. The Kier molecular flexibility index (Phi) is 4.29. The highest BCUT2D eigenvalue weighted by atomic mass is 35.5. The minimum Gasteiger partial charge on any atom is -0.344 e. The number of carbonyl (C=O) groups excluding carboxylic acids is 2. The third kappa shape index (κ3) is 3.34. The zero-order chi connectivity index (χ0) is 16.4. The first-order valence-electron chi connectivity index (χ1n) is 7.13. The van der Waals surface area contributed by atoms with Crippen LogP contribution in [0.4, 0.5) is 10.2 Å². The normalized spacial score (nSPS) is 12.8. The Balaban J connectivity index is 1.58. The molecule has 0 unspecified atom stereocenters. The van der Waals surface area contributed by atoms with E-state index in [0.717, 1.165) is 25.1 Å². The van der Waals surface area contributed by atoms with Crippen LogP contribution in [0.25, 0.3) is 0 Å². The number of nitrogens with one attached hydrogen (secondary N) is 2. The number of rotatable bonds is 3. The van der Waals surface area contributed by atoms with Gasteiger partial charge in [0.25, 0.3) is 0 Å². The zero-order valence-corrected chi connectivity index (χ0v) is 12.9. The molecule has 1 aromatic heterocycles. The van der Waals surface area contributed by atoms with Gasteiger partial charge in [-0.05, 0) is 25.0 Å². The maximum Gasteiger partial charge on any atom is 0.314 e. The predicted octanol–water partition coefficient (Wildman–Crippen LogP) is 1.88. The number of halogens is 2. The molecule has 2 heterocycles. The molecule has 0 bridgehead atoms. The Morgan fingerprint density at radius 2 is 2.17 bits per heavy atom. The summed E-state index contributed by atoms with van der Waals surface area (Å²) in [6.45, 7) is 0.640. The van der Waals surface area contributed by atoms with Gasteiger partial charge in [0, 0.05) is 35.4 Å². The molecule has 2 aromatic rings. The van der Waals surface area contributed by atoms with Crippen LogP contribution in [-0.4, -0.2) is 21.6 Å². The summed E-state index contributed by atoms with van der Waals surface area (Å²) in [6.07, 6.45) is 1.93. The molecule has 0 fully saturated rings. The largest absolute Gasteiger partial charge is 0.344 e. The molecule has 120 valence electrons. The number of hydrogen-bond acceptors (Lipinski definition) is 3. The van der Waals surface area contributed by atoms with Gasteiger partial charge < -0.3 is 10.6 Å². The number of nitrogens with zero attached hydrogens (tertiary/aromatic N) is 2. The maximum absolute atomic E-state index is 13.6. The molecular formula is C15H14ClFN4O2. The second kappa shape index (κ2) is 6.37. The third-order valence-electron chi connectivity index (χ3n) is 3.60. The summed E-state index contributed by atoms with van der Waals surface area (Å²) < 4.78 is 15.4. The highest BCUT2D eigenvalue weighted by molar-refractivity contribution is 6.39. The van der Waals surface area contributed by atoms with Crippen molar-refractivity contribution >= 4 is 29.2 Å². The number of fused-ring (bicyclic) bond motifs is 1. The summed E-state index contributed by atoms with van der Waals surface area (Å²) in [5, 5.41) is 9.14. The second-order valence-electron chi connectivity index (χ2n) is 5.18. The summed E-state index contributed by atoms with van der Waals surface area (Å²) in [6, 6.07) is 5.96. The lowest BCUT2D eigenvalue weighted by Crippen LogP contribution is -2.35. The highest BCUT2D eigenvalue weighted by Gasteiger charge is 2.19.